The van der Waals surface area contributed by atoms with E-state index in [0.29, 0.717) is 12.2 Å². The molecule has 24 heavy (non-hydrogen) atoms. The minimum atomic E-state index is -0.892. The maximum Gasteiger partial charge on any atom is 0.245 e. The van der Waals surface area contributed by atoms with Crippen molar-refractivity contribution in [2.45, 2.75) is 38.6 Å². The van der Waals surface area contributed by atoms with Crippen LogP contribution < -0.4 is 15.8 Å². The molecule has 1 aliphatic heterocycles. The highest BCUT2D eigenvalue weighted by Crippen LogP contribution is 2.30. The smallest absolute Gasteiger partial charge is 0.245 e. The van der Waals surface area contributed by atoms with Crippen molar-refractivity contribution < 1.29 is 9.53 Å². The van der Waals surface area contributed by atoms with Crippen LogP contribution in [0.4, 0.5) is 5.82 Å². The molecule has 0 saturated carbocycles. The molecule has 5 heteroatoms. The summed E-state index contributed by atoms with van der Waals surface area (Å²) in [4.78, 5) is 16.9. The minimum absolute atomic E-state index is 0.212. The third-order valence-corrected chi connectivity index (χ3v) is 4.26. The molecular weight excluding hydrogens is 302 g/mol. The molecule has 5 nitrogen and oxygen atoms in total. The van der Waals surface area contributed by atoms with Crippen LogP contribution in [0.25, 0.3) is 11.3 Å². The third kappa shape index (κ3) is 3.41. The highest BCUT2D eigenvalue weighted by atomic mass is 16.5. The van der Waals surface area contributed by atoms with E-state index in [0.717, 1.165) is 36.5 Å². The van der Waals surface area contributed by atoms with Crippen molar-refractivity contribution in [2.75, 3.05) is 11.9 Å². The number of benzene rings is 1. The summed E-state index contributed by atoms with van der Waals surface area (Å²) < 4.78 is 5.53. The molecule has 0 radical (unpaired) electrons. The Labute approximate surface area is 142 Å². The first-order valence-corrected chi connectivity index (χ1v) is 8.33. The number of ether oxygens (including phenoxy) is 1. The molecule has 0 aliphatic carbocycles. The lowest BCUT2D eigenvalue weighted by molar-refractivity contribution is -0.120. The van der Waals surface area contributed by atoms with E-state index >= 15 is 0 Å². The highest BCUT2D eigenvalue weighted by molar-refractivity contribution is 5.97. The number of pyridine rings is 1. The van der Waals surface area contributed by atoms with Gasteiger partial charge in [0.2, 0.25) is 5.91 Å². The Morgan fingerprint density at radius 3 is 3.00 bits per heavy atom. The molecular formula is C19H23N3O2. The fourth-order valence-electron chi connectivity index (χ4n) is 2.90. The summed E-state index contributed by atoms with van der Waals surface area (Å²) in [7, 11) is 0. The van der Waals surface area contributed by atoms with Crippen molar-refractivity contribution in [2.24, 2.45) is 5.73 Å². The summed E-state index contributed by atoms with van der Waals surface area (Å²) >= 11 is 0. The van der Waals surface area contributed by atoms with Gasteiger partial charge in [-0.05, 0) is 49.2 Å². The molecule has 2 aromatic rings. The summed E-state index contributed by atoms with van der Waals surface area (Å²) in [6, 6.07) is 11.7. The van der Waals surface area contributed by atoms with Crippen molar-refractivity contribution >= 4 is 11.7 Å². The maximum absolute atomic E-state index is 12.3. The molecule has 1 aliphatic rings. The van der Waals surface area contributed by atoms with Crippen molar-refractivity contribution in [1.82, 2.24) is 4.98 Å². The Morgan fingerprint density at radius 1 is 1.38 bits per heavy atom. The molecule has 126 valence electrons. The summed E-state index contributed by atoms with van der Waals surface area (Å²) in [6.45, 7) is 4.49. The third-order valence-electron chi connectivity index (χ3n) is 4.26. The van der Waals surface area contributed by atoms with Gasteiger partial charge in [0.15, 0.2) is 0 Å². The fraction of sp³-hybridized carbons (Fsp3) is 0.368. The highest BCUT2D eigenvalue weighted by Gasteiger charge is 2.27. The first-order valence-electron chi connectivity index (χ1n) is 8.33. The summed E-state index contributed by atoms with van der Waals surface area (Å²) in [5, 5.41) is 2.83. The monoisotopic (exact) mass is 325 g/mol. The number of nitrogens with two attached hydrogens (primary N) is 1. The minimum Gasteiger partial charge on any atom is -0.493 e. The zero-order valence-electron chi connectivity index (χ0n) is 14.1. The summed E-state index contributed by atoms with van der Waals surface area (Å²) in [5.74, 6) is 1.25. The Hall–Kier alpha value is -2.40. The lowest BCUT2D eigenvalue weighted by atomic mass is 9.96. The molecule has 1 amide bonds. The number of fused-ring (bicyclic) bond motifs is 1. The zero-order valence-corrected chi connectivity index (χ0v) is 14.1. The molecule has 2 heterocycles. The molecule has 1 atom stereocenters. The molecule has 0 bridgehead atoms. The lowest BCUT2D eigenvalue weighted by Crippen LogP contribution is -2.48. The Kier molecular flexibility index (Phi) is 4.53. The van der Waals surface area contributed by atoms with Crippen LogP contribution in [-0.2, 0) is 11.2 Å². The van der Waals surface area contributed by atoms with Gasteiger partial charge in [0.05, 0.1) is 17.8 Å². The number of nitrogens with zero attached hydrogens (tertiary/aromatic N) is 1. The van der Waals surface area contributed by atoms with Crippen LogP contribution in [0.3, 0.4) is 0 Å². The Balaban J connectivity index is 1.81. The number of amides is 1. The second-order valence-electron chi connectivity index (χ2n) is 6.45. The van der Waals surface area contributed by atoms with Gasteiger partial charge < -0.3 is 15.8 Å². The zero-order chi connectivity index (χ0) is 17.2. The number of aromatic nitrogens is 1. The van der Waals surface area contributed by atoms with Crippen LogP contribution in [0.15, 0.2) is 36.4 Å². The quantitative estimate of drug-likeness (QED) is 0.885. The van der Waals surface area contributed by atoms with Crippen LogP contribution in [-0.4, -0.2) is 23.0 Å². The van der Waals surface area contributed by atoms with E-state index in [1.807, 2.05) is 31.2 Å². The first-order chi connectivity index (χ1) is 11.5. The number of hydrogen-bond acceptors (Lipinski definition) is 4. The number of hydrogen-bond donors (Lipinski definition) is 2. The van der Waals surface area contributed by atoms with Gasteiger partial charge in [-0.3, -0.25) is 4.79 Å². The predicted octanol–water partition coefficient (Wildman–Crippen LogP) is 3.14. The average Bonchev–Trinajstić information content (AvgIpc) is 3.02. The van der Waals surface area contributed by atoms with Crippen LogP contribution in [0.1, 0.15) is 32.3 Å². The molecule has 1 aromatic heterocycles. The molecule has 0 spiro atoms. The topological polar surface area (TPSA) is 77.2 Å². The van der Waals surface area contributed by atoms with Crippen LogP contribution in [0.5, 0.6) is 5.75 Å². The van der Waals surface area contributed by atoms with E-state index in [1.165, 1.54) is 5.56 Å². The SMILES string of the molecule is CCCC(C)(N)C(=O)Nc1cccc(-c2ccc3c(c2)CCO3)n1. The molecule has 1 aromatic carbocycles. The van der Waals surface area contributed by atoms with E-state index in [2.05, 4.69) is 16.4 Å². The van der Waals surface area contributed by atoms with Gasteiger partial charge in [-0.1, -0.05) is 19.4 Å². The van der Waals surface area contributed by atoms with Gasteiger partial charge in [-0.25, -0.2) is 4.98 Å². The van der Waals surface area contributed by atoms with Gasteiger partial charge in [0, 0.05) is 12.0 Å². The number of carbonyl (C=O) groups excluding carboxylic acids is 1. The Morgan fingerprint density at radius 2 is 2.21 bits per heavy atom. The normalized spacial score (nSPS) is 15.3. The van der Waals surface area contributed by atoms with Crippen molar-refractivity contribution in [3.8, 4) is 17.0 Å². The van der Waals surface area contributed by atoms with Crippen molar-refractivity contribution in [3.63, 3.8) is 0 Å². The molecule has 0 fully saturated rings. The van der Waals surface area contributed by atoms with Crippen molar-refractivity contribution in [3.05, 3.63) is 42.0 Å². The molecule has 3 rings (SSSR count). The van der Waals surface area contributed by atoms with Crippen LogP contribution in [0.2, 0.25) is 0 Å². The van der Waals surface area contributed by atoms with Gasteiger partial charge in [-0.2, -0.15) is 0 Å². The first kappa shape index (κ1) is 16.5. The van der Waals surface area contributed by atoms with E-state index in [9.17, 15) is 4.79 Å². The van der Waals surface area contributed by atoms with Crippen LogP contribution in [0, 0.1) is 0 Å². The number of anilines is 1. The number of nitrogens with one attached hydrogen (secondary N) is 1. The standard InChI is InChI=1S/C19H23N3O2/c1-3-10-19(2,20)18(23)22-17-6-4-5-15(21-17)13-7-8-16-14(12-13)9-11-24-16/h4-8,12H,3,9-11,20H2,1-2H3,(H,21,22,23). The average molecular weight is 325 g/mol. The van der Waals surface area contributed by atoms with Gasteiger partial charge in [0.25, 0.3) is 0 Å². The molecule has 0 saturated heterocycles. The van der Waals surface area contributed by atoms with E-state index in [1.54, 1.807) is 13.0 Å². The van der Waals surface area contributed by atoms with Gasteiger partial charge in [0.1, 0.15) is 11.6 Å². The molecule has 3 N–H and O–H groups in total. The largest absolute Gasteiger partial charge is 0.493 e. The Bertz CT molecular complexity index is 756. The van der Waals surface area contributed by atoms with E-state index in [-0.39, 0.29) is 5.91 Å². The second-order valence-corrected chi connectivity index (χ2v) is 6.45. The van der Waals surface area contributed by atoms with E-state index in [4.69, 9.17) is 10.5 Å². The van der Waals surface area contributed by atoms with Gasteiger partial charge in [-0.15, -0.1) is 0 Å². The summed E-state index contributed by atoms with van der Waals surface area (Å²) in [6.07, 6.45) is 2.40. The second kappa shape index (κ2) is 6.61. The maximum atomic E-state index is 12.3. The van der Waals surface area contributed by atoms with Gasteiger partial charge >= 0.3 is 0 Å². The van der Waals surface area contributed by atoms with Crippen LogP contribution >= 0.6 is 0 Å². The fourth-order valence-corrected chi connectivity index (χ4v) is 2.90. The molecule has 1 unspecified atom stereocenters. The lowest BCUT2D eigenvalue weighted by Gasteiger charge is -2.22. The van der Waals surface area contributed by atoms with Crippen molar-refractivity contribution in [1.29, 1.82) is 0 Å². The number of carbonyl (C=O) groups is 1. The summed E-state index contributed by atoms with van der Waals surface area (Å²) in [5.41, 5.74) is 8.21. The number of rotatable bonds is 5. The predicted molar refractivity (Wildman–Crippen MR) is 95.0 cm³/mol. The van der Waals surface area contributed by atoms with E-state index < -0.39 is 5.54 Å².